The van der Waals surface area contributed by atoms with Crippen molar-refractivity contribution in [3.63, 3.8) is 0 Å². The number of carbonyl (C=O) groups excluding carboxylic acids is 1. The Hall–Kier alpha value is -1.84. The quantitative estimate of drug-likeness (QED) is 0.767. The van der Waals surface area contributed by atoms with E-state index in [2.05, 4.69) is 10.3 Å². The van der Waals surface area contributed by atoms with Crippen molar-refractivity contribution in [3.8, 4) is 5.75 Å². The Morgan fingerprint density at radius 1 is 1.56 bits per heavy atom. The molecule has 4 heteroatoms. The summed E-state index contributed by atoms with van der Waals surface area (Å²) in [5, 5.41) is 3.10. The van der Waals surface area contributed by atoms with Crippen LogP contribution in [0, 0.1) is 0 Å². The van der Waals surface area contributed by atoms with E-state index < -0.39 is 0 Å². The van der Waals surface area contributed by atoms with Crippen LogP contribution in [0.15, 0.2) is 30.1 Å². The number of nitrogens with one attached hydrogen (secondary N) is 1. The van der Waals surface area contributed by atoms with Gasteiger partial charge < -0.3 is 10.1 Å². The van der Waals surface area contributed by atoms with E-state index in [9.17, 15) is 4.79 Å². The van der Waals surface area contributed by atoms with Crippen molar-refractivity contribution in [2.75, 3.05) is 7.11 Å². The summed E-state index contributed by atoms with van der Waals surface area (Å²) in [6, 6.07) is 3.65. The monoisotopic (exact) mass is 220 g/mol. The second-order valence-electron chi connectivity index (χ2n) is 3.48. The molecule has 0 spiro atoms. The molecule has 0 saturated carbocycles. The second-order valence-corrected chi connectivity index (χ2v) is 3.48. The Labute approximate surface area is 95.3 Å². The zero-order valence-corrected chi connectivity index (χ0v) is 9.78. The Morgan fingerprint density at radius 3 is 2.94 bits per heavy atom. The third-order valence-corrected chi connectivity index (χ3v) is 1.99. The summed E-state index contributed by atoms with van der Waals surface area (Å²) in [6.07, 6.45) is 3.25. The van der Waals surface area contributed by atoms with Crippen LogP contribution in [0.2, 0.25) is 0 Å². The van der Waals surface area contributed by atoms with E-state index in [1.807, 2.05) is 13.0 Å². The SMILES string of the molecule is COc1ccnc(CNC(C)=CC(C)=O)c1. The summed E-state index contributed by atoms with van der Waals surface area (Å²) in [5.41, 5.74) is 1.70. The number of ether oxygens (including phenoxy) is 1. The molecule has 1 aromatic heterocycles. The van der Waals surface area contributed by atoms with E-state index in [4.69, 9.17) is 4.74 Å². The van der Waals surface area contributed by atoms with E-state index in [1.54, 1.807) is 25.4 Å². The standard InChI is InChI=1S/C12H16N2O2/c1-9(6-10(2)15)14-8-11-7-12(16-3)4-5-13-11/h4-7,14H,8H2,1-3H3. The molecule has 0 aliphatic heterocycles. The van der Waals surface area contributed by atoms with Crippen LogP contribution in [-0.2, 0) is 11.3 Å². The molecule has 0 atom stereocenters. The fourth-order valence-corrected chi connectivity index (χ4v) is 1.27. The van der Waals surface area contributed by atoms with Crippen molar-refractivity contribution in [1.29, 1.82) is 0 Å². The summed E-state index contributed by atoms with van der Waals surface area (Å²) in [7, 11) is 1.62. The minimum Gasteiger partial charge on any atom is -0.497 e. The fraction of sp³-hybridized carbons (Fsp3) is 0.333. The largest absolute Gasteiger partial charge is 0.497 e. The van der Waals surface area contributed by atoms with Gasteiger partial charge in [0.15, 0.2) is 5.78 Å². The van der Waals surface area contributed by atoms with Crippen molar-refractivity contribution < 1.29 is 9.53 Å². The van der Waals surface area contributed by atoms with Crippen LogP contribution >= 0.6 is 0 Å². The molecule has 1 aromatic rings. The van der Waals surface area contributed by atoms with Gasteiger partial charge in [0, 0.05) is 18.0 Å². The van der Waals surface area contributed by atoms with Gasteiger partial charge in [-0.2, -0.15) is 0 Å². The number of aromatic nitrogens is 1. The van der Waals surface area contributed by atoms with Gasteiger partial charge in [-0.05, 0) is 26.0 Å². The molecular formula is C12H16N2O2. The maximum absolute atomic E-state index is 10.8. The molecule has 0 aliphatic carbocycles. The molecule has 86 valence electrons. The highest BCUT2D eigenvalue weighted by atomic mass is 16.5. The summed E-state index contributed by atoms with van der Waals surface area (Å²) in [5.74, 6) is 0.809. The van der Waals surface area contributed by atoms with Crippen LogP contribution < -0.4 is 10.1 Å². The molecule has 4 nitrogen and oxygen atoms in total. The van der Waals surface area contributed by atoms with E-state index in [1.165, 1.54) is 6.92 Å². The molecule has 1 heterocycles. The van der Waals surface area contributed by atoms with Gasteiger partial charge in [-0.3, -0.25) is 9.78 Å². The molecule has 1 N–H and O–H groups in total. The first-order valence-electron chi connectivity index (χ1n) is 5.03. The Morgan fingerprint density at radius 2 is 2.31 bits per heavy atom. The number of ketones is 1. The minimum atomic E-state index is 0.0311. The number of allylic oxidation sites excluding steroid dienone is 2. The van der Waals surface area contributed by atoms with Gasteiger partial charge in [0.05, 0.1) is 19.3 Å². The van der Waals surface area contributed by atoms with Crippen molar-refractivity contribution in [2.24, 2.45) is 0 Å². The maximum Gasteiger partial charge on any atom is 0.154 e. The van der Waals surface area contributed by atoms with Gasteiger partial charge in [-0.15, -0.1) is 0 Å². The van der Waals surface area contributed by atoms with E-state index in [0.717, 1.165) is 17.1 Å². The van der Waals surface area contributed by atoms with Gasteiger partial charge in [0.1, 0.15) is 5.75 Å². The van der Waals surface area contributed by atoms with E-state index in [-0.39, 0.29) is 5.78 Å². The van der Waals surface area contributed by atoms with Crippen molar-refractivity contribution >= 4 is 5.78 Å². The Kier molecular flexibility index (Phi) is 4.51. The first-order chi connectivity index (χ1) is 7.61. The van der Waals surface area contributed by atoms with Crippen LogP contribution in [0.5, 0.6) is 5.75 Å². The molecule has 0 amide bonds. The fourth-order valence-electron chi connectivity index (χ4n) is 1.27. The average molecular weight is 220 g/mol. The molecule has 0 unspecified atom stereocenters. The third kappa shape index (κ3) is 4.13. The van der Waals surface area contributed by atoms with Crippen LogP contribution in [0.4, 0.5) is 0 Å². The predicted molar refractivity (Wildman–Crippen MR) is 62.1 cm³/mol. The summed E-state index contributed by atoms with van der Waals surface area (Å²) in [6.45, 7) is 3.95. The summed E-state index contributed by atoms with van der Waals surface area (Å²) < 4.78 is 5.09. The molecule has 1 rings (SSSR count). The lowest BCUT2D eigenvalue weighted by molar-refractivity contribution is -0.112. The zero-order chi connectivity index (χ0) is 12.0. The number of methoxy groups -OCH3 is 1. The first kappa shape index (κ1) is 12.2. The zero-order valence-electron chi connectivity index (χ0n) is 9.78. The average Bonchev–Trinajstić information content (AvgIpc) is 2.26. The number of pyridine rings is 1. The molecule has 0 fully saturated rings. The van der Waals surface area contributed by atoms with Crippen LogP contribution in [-0.4, -0.2) is 17.9 Å². The molecule has 16 heavy (non-hydrogen) atoms. The number of nitrogens with zero attached hydrogens (tertiary/aromatic N) is 1. The van der Waals surface area contributed by atoms with E-state index in [0.29, 0.717) is 6.54 Å². The smallest absolute Gasteiger partial charge is 0.154 e. The van der Waals surface area contributed by atoms with Crippen LogP contribution in [0.3, 0.4) is 0 Å². The molecule has 0 bridgehead atoms. The summed E-state index contributed by atoms with van der Waals surface area (Å²) >= 11 is 0. The van der Waals surface area contributed by atoms with Gasteiger partial charge in [0.25, 0.3) is 0 Å². The maximum atomic E-state index is 10.8. The molecule has 0 aromatic carbocycles. The predicted octanol–water partition coefficient (Wildman–Crippen LogP) is 1.67. The highest BCUT2D eigenvalue weighted by Crippen LogP contribution is 2.09. The van der Waals surface area contributed by atoms with Crippen molar-refractivity contribution in [2.45, 2.75) is 20.4 Å². The van der Waals surface area contributed by atoms with Gasteiger partial charge in [-0.25, -0.2) is 0 Å². The highest BCUT2D eigenvalue weighted by molar-refractivity contribution is 5.87. The molecule has 0 saturated heterocycles. The number of rotatable bonds is 5. The lowest BCUT2D eigenvalue weighted by Gasteiger charge is -2.06. The molecule has 0 radical (unpaired) electrons. The van der Waals surface area contributed by atoms with Crippen LogP contribution in [0.1, 0.15) is 19.5 Å². The Balaban J connectivity index is 2.57. The number of carbonyl (C=O) groups is 1. The topological polar surface area (TPSA) is 51.2 Å². The lowest BCUT2D eigenvalue weighted by Crippen LogP contribution is -2.12. The first-order valence-corrected chi connectivity index (χ1v) is 5.03. The lowest BCUT2D eigenvalue weighted by atomic mass is 10.3. The van der Waals surface area contributed by atoms with Crippen molar-refractivity contribution in [3.05, 3.63) is 35.8 Å². The summed E-state index contributed by atoms with van der Waals surface area (Å²) in [4.78, 5) is 15.0. The molecule has 0 aliphatic rings. The van der Waals surface area contributed by atoms with Gasteiger partial charge in [-0.1, -0.05) is 0 Å². The molecular weight excluding hydrogens is 204 g/mol. The van der Waals surface area contributed by atoms with Crippen molar-refractivity contribution in [1.82, 2.24) is 10.3 Å². The normalized spacial score (nSPS) is 11.1. The highest BCUT2D eigenvalue weighted by Gasteiger charge is 1.97. The second kappa shape index (κ2) is 5.90. The Bertz CT molecular complexity index is 400. The van der Waals surface area contributed by atoms with E-state index >= 15 is 0 Å². The minimum absolute atomic E-state index is 0.0311. The van der Waals surface area contributed by atoms with Crippen LogP contribution in [0.25, 0.3) is 0 Å². The van der Waals surface area contributed by atoms with Gasteiger partial charge >= 0.3 is 0 Å². The third-order valence-electron chi connectivity index (χ3n) is 1.99. The van der Waals surface area contributed by atoms with Gasteiger partial charge in [0.2, 0.25) is 0 Å². The number of hydrogen-bond acceptors (Lipinski definition) is 4. The number of hydrogen-bond donors (Lipinski definition) is 1.